The molecule has 0 N–H and O–H groups in total. The van der Waals surface area contributed by atoms with Crippen LogP contribution in [0.3, 0.4) is 0 Å². The number of hydrogen-bond acceptors (Lipinski definition) is 5. The van der Waals surface area contributed by atoms with Gasteiger partial charge in [0, 0.05) is 48.9 Å². The first-order valence-corrected chi connectivity index (χ1v) is 17.9. The Hall–Kier alpha value is -4.48. The third kappa shape index (κ3) is 7.19. The molecule has 4 heterocycles. The van der Waals surface area contributed by atoms with Crippen LogP contribution in [0.25, 0.3) is 65.8 Å². The van der Waals surface area contributed by atoms with Crippen LogP contribution >= 0.6 is 11.3 Å². The van der Waals surface area contributed by atoms with E-state index < -0.39 is 0 Å². The summed E-state index contributed by atoms with van der Waals surface area (Å²) in [6.45, 7) is 17.5. The van der Waals surface area contributed by atoms with Gasteiger partial charge in [0.1, 0.15) is 5.58 Å². The predicted octanol–water partition coefficient (Wildman–Crippen LogP) is 12.6. The molecule has 0 atom stereocenters. The molecule has 0 saturated carbocycles. The molecule has 0 spiro atoms. The first kappa shape index (κ1) is 36.3. The molecule has 4 nitrogen and oxygen atoms in total. The zero-order valence-electron chi connectivity index (χ0n) is 30.3. The average Bonchev–Trinajstić information content (AvgIpc) is 3.71. The van der Waals surface area contributed by atoms with E-state index in [4.69, 9.17) is 14.4 Å². The topological polar surface area (TPSA) is 51.8 Å². The summed E-state index contributed by atoms with van der Waals surface area (Å²) in [4.78, 5) is 14.2. The van der Waals surface area contributed by atoms with Gasteiger partial charge in [-0.1, -0.05) is 82.0 Å². The summed E-state index contributed by atoms with van der Waals surface area (Å²) in [7, 11) is 0. The number of aromatic nitrogens is 3. The monoisotopic (exact) mass is 864 g/mol. The molecule has 0 aliphatic heterocycles. The molecule has 8 aromatic rings. The molecule has 0 amide bonds. The van der Waals surface area contributed by atoms with Crippen LogP contribution in [0.15, 0.2) is 102 Å². The van der Waals surface area contributed by atoms with E-state index in [-0.39, 0.29) is 25.5 Å². The molecule has 0 saturated heterocycles. The maximum atomic E-state index is 6.50. The number of furan rings is 1. The predicted molar refractivity (Wildman–Crippen MR) is 210 cm³/mol. The van der Waals surface area contributed by atoms with Gasteiger partial charge in [-0.3, -0.25) is 0 Å². The summed E-state index contributed by atoms with van der Waals surface area (Å²) < 4.78 is 7.68. The van der Waals surface area contributed by atoms with Crippen molar-refractivity contribution in [3.63, 3.8) is 0 Å². The summed E-state index contributed by atoms with van der Waals surface area (Å²) in [6.07, 6.45) is 3.91. The van der Waals surface area contributed by atoms with E-state index in [1.807, 2.05) is 61.8 Å². The van der Waals surface area contributed by atoms with Crippen LogP contribution in [-0.4, -0.2) is 15.0 Å². The zero-order valence-corrected chi connectivity index (χ0v) is 33.5. The Morgan fingerprint density at radius 3 is 2.22 bits per heavy atom. The van der Waals surface area contributed by atoms with Gasteiger partial charge in [-0.2, -0.15) is 0 Å². The summed E-state index contributed by atoms with van der Waals surface area (Å²) in [5, 5.41) is 3.36. The Morgan fingerprint density at radius 2 is 1.55 bits per heavy atom. The number of thiazole rings is 1. The van der Waals surface area contributed by atoms with Gasteiger partial charge in [0.25, 0.3) is 0 Å². The van der Waals surface area contributed by atoms with Crippen LogP contribution in [0, 0.1) is 32.9 Å². The fourth-order valence-corrected chi connectivity index (χ4v) is 7.61. The number of fused-ring (bicyclic) bond motifs is 5. The minimum atomic E-state index is 0. The first-order valence-electron chi connectivity index (χ1n) is 17.1. The van der Waals surface area contributed by atoms with E-state index in [1.165, 1.54) is 38.1 Å². The number of pyridine rings is 2. The molecule has 0 unspecified atom stereocenters. The van der Waals surface area contributed by atoms with E-state index in [0.717, 1.165) is 55.0 Å². The van der Waals surface area contributed by atoms with Crippen molar-refractivity contribution in [2.45, 2.75) is 66.7 Å². The molecule has 6 heteroatoms. The second-order valence-electron chi connectivity index (χ2n) is 14.3. The van der Waals surface area contributed by atoms with Crippen LogP contribution in [0.5, 0.6) is 0 Å². The van der Waals surface area contributed by atoms with E-state index >= 15 is 0 Å². The third-order valence-corrected chi connectivity index (χ3v) is 10.6. The van der Waals surface area contributed by atoms with Gasteiger partial charge in [0.05, 0.1) is 20.8 Å². The summed E-state index contributed by atoms with van der Waals surface area (Å²) in [5.41, 5.74) is 14.0. The summed E-state index contributed by atoms with van der Waals surface area (Å²) in [5.74, 6) is 0.346. The Bertz CT molecular complexity index is 2450. The molecule has 4 aromatic heterocycles. The van der Waals surface area contributed by atoms with Crippen molar-refractivity contribution in [3.8, 4) is 33.6 Å². The van der Waals surface area contributed by atoms with Crippen LogP contribution in [0.2, 0.25) is 0 Å². The summed E-state index contributed by atoms with van der Waals surface area (Å²) >= 11 is 1.77. The first-order chi connectivity index (χ1) is 24.0. The van der Waals surface area contributed by atoms with Gasteiger partial charge in [-0.15, -0.1) is 65.4 Å². The number of aryl methyl sites for hydroxylation is 3. The number of nitrogens with zero attached hydrogens (tertiary/aromatic N) is 3. The maximum absolute atomic E-state index is 6.50. The van der Waals surface area contributed by atoms with Crippen molar-refractivity contribution < 1.29 is 24.5 Å². The fourth-order valence-electron chi connectivity index (χ4n) is 6.44. The average molecular weight is 864 g/mol. The minimum absolute atomic E-state index is 0. The van der Waals surface area contributed by atoms with Crippen LogP contribution in [0.1, 0.15) is 67.8 Å². The third-order valence-electron chi connectivity index (χ3n) is 9.05. The zero-order chi connectivity index (χ0) is 35.2. The second-order valence-corrected chi connectivity index (χ2v) is 15.3. The smallest absolute Gasteiger partial charge is 0.122 e. The van der Waals surface area contributed by atoms with Crippen LogP contribution < -0.4 is 0 Å². The van der Waals surface area contributed by atoms with Crippen molar-refractivity contribution in [1.29, 1.82) is 0 Å². The normalized spacial score (nSPS) is 11.5. The van der Waals surface area contributed by atoms with Gasteiger partial charge in [-0.05, 0) is 78.0 Å². The quantitative estimate of drug-likeness (QED) is 0.165. The van der Waals surface area contributed by atoms with Crippen molar-refractivity contribution in [2.24, 2.45) is 0 Å². The fraction of sp³-hybridized carbons (Fsp3) is 0.222. The molecule has 0 aliphatic carbocycles. The molecule has 8 rings (SSSR count). The van der Waals surface area contributed by atoms with E-state index in [2.05, 4.69) is 108 Å². The largest absolute Gasteiger partial charge is 0.501 e. The molecule has 259 valence electrons. The van der Waals surface area contributed by atoms with Gasteiger partial charge < -0.3 is 14.4 Å². The molecular formula is C45H41IrN3OS-2. The number of hydrogen-bond donors (Lipinski definition) is 0. The Kier molecular flexibility index (Phi) is 10.4. The van der Waals surface area contributed by atoms with Gasteiger partial charge >= 0.3 is 0 Å². The van der Waals surface area contributed by atoms with Crippen molar-refractivity contribution in [3.05, 3.63) is 137 Å². The van der Waals surface area contributed by atoms with E-state index in [9.17, 15) is 0 Å². The van der Waals surface area contributed by atoms with Crippen LogP contribution in [-0.2, 0) is 25.5 Å². The van der Waals surface area contributed by atoms with E-state index in [1.54, 1.807) is 11.3 Å². The molecule has 4 aromatic carbocycles. The molecule has 1 radical (unpaired) electrons. The Morgan fingerprint density at radius 1 is 0.784 bits per heavy atom. The van der Waals surface area contributed by atoms with Gasteiger partial charge in [-0.25, -0.2) is 4.98 Å². The molecule has 0 fully saturated rings. The SMILES string of the molecule is Cc1ccc(-c2[c-]cccc2)nc1.Cc1cccc(C)c1-c1cnc(-c2[c-]ccc3c2oc2ccc4nc(C(C)(C)C)sc4c23)cc1C(C)C.[Ir]. The Labute approximate surface area is 318 Å². The van der Waals surface area contributed by atoms with Gasteiger partial charge in [0.15, 0.2) is 0 Å². The van der Waals surface area contributed by atoms with Crippen molar-refractivity contribution in [1.82, 2.24) is 15.0 Å². The molecule has 0 bridgehead atoms. The molecule has 51 heavy (non-hydrogen) atoms. The summed E-state index contributed by atoms with van der Waals surface area (Å²) in [6, 6.07) is 35.4. The number of rotatable bonds is 4. The number of benzene rings is 4. The minimum Gasteiger partial charge on any atom is -0.501 e. The maximum Gasteiger partial charge on any atom is 0.122 e. The molecular weight excluding hydrogens is 823 g/mol. The van der Waals surface area contributed by atoms with Crippen molar-refractivity contribution in [2.75, 3.05) is 0 Å². The van der Waals surface area contributed by atoms with E-state index in [0.29, 0.717) is 5.92 Å². The van der Waals surface area contributed by atoms with Gasteiger partial charge in [0.2, 0.25) is 0 Å². The Balaban J connectivity index is 0.000000269. The second kappa shape index (κ2) is 14.6. The van der Waals surface area contributed by atoms with Crippen molar-refractivity contribution >= 4 is 43.5 Å². The standard InChI is InChI=1S/C33H31N2OS.C12H10N.Ir/c1-18(2)23-16-26(34-17-24(23)28-19(3)10-8-11-20(28)4)21-12-9-13-22-29-27(36-30(21)22)15-14-25-31(29)37-32(35-25)33(5,6)7;1-10-7-8-12(13-9-10)11-5-3-2-4-6-11;/h8-11,13-18H,1-7H3;2-5,7-9H,1H3;/q2*-1;. The molecule has 0 aliphatic rings. The van der Waals surface area contributed by atoms with Crippen LogP contribution in [0.4, 0.5) is 0 Å².